The summed E-state index contributed by atoms with van der Waals surface area (Å²) in [6.45, 7) is 3.86. The van der Waals surface area contributed by atoms with Gasteiger partial charge in [-0.05, 0) is 29.7 Å². The van der Waals surface area contributed by atoms with Gasteiger partial charge in [-0.25, -0.2) is 0 Å². The molecule has 6 nitrogen and oxygen atoms in total. The lowest BCUT2D eigenvalue weighted by molar-refractivity contribution is 0.968. The van der Waals surface area contributed by atoms with Crippen LogP contribution in [0.1, 0.15) is 5.56 Å². The normalized spacial score (nSPS) is 13.8. The Morgan fingerprint density at radius 2 is 2.21 bits per heavy atom. The maximum atomic E-state index is 12.3. The van der Waals surface area contributed by atoms with E-state index in [2.05, 4.69) is 42.3 Å². The van der Waals surface area contributed by atoms with E-state index in [-0.39, 0.29) is 5.56 Å². The number of hydrogen-bond acceptors (Lipinski definition) is 4. The fourth-order valence-electron chi connectivity index (χ4n) is 2.78. The van der Waals surface area contributed by atoms with Crippen LogP contribution < -0.4 is 16.1 Å². The lowest BCUT2D eigenvalue weighted by atomic mass is 10.1. The molecule has 0 amide bonds. The van der Waals surface area contributed by atoms with Crippen LogP contribution >= 0.6 is 27.5 Å². The molecule has 2 N–H and O–H groups in total. The summed E-state index contributed by atoms with van der Waals surface area (Å²) in [4.78, 5) is 12.3. The zero-order chi connectivity index (χ0) is 16.8. The van der Waals surface area contributed by atoms with Gasteiger partial charge in [0.05, 0.1) is 10.6 Å². The lowest BCUT2D eigenvalue weighted by Gasteiger charge is -1.97. The predicted molar refractivity (Wildman–Crippen MR) is 98.0 cm³/mol. The number of H-pyrrole nitrogens is 2. The molecule has 3 aromatic heterocycles. The summed E-state index contributed by atoms with van der Waals surface area (Å²) in [6, 6.07) is 6.02. The number of aromatic amines is 2. The molecule has 3 heterocycles. The van der Waals surface area contributed by atoms with Gasteiger partial charge in [-0.2, -0.15) is 0 Å². The topological polar surface area (TPSA) is 79.4 Å². The summed E-state index contributed by atoms with van der Waals surface area (Å²) in [5, 5.41) is 12.3. The van der Waals surface area contributed by atoms with Crippen LogP contribution in [0.4, 0.5) is 0 Å². The number of rotatable bonds is 1. The smallest absolute Gasteiger partial charge is 0.271 e. The van der Waals surface area contributed by atoms with Gasteiger partial charge in [-0.15, -0.1) is 5.10 Å². The van der Waals surface area contributed by atoms with Crippen molar-refractivity contribution >= 4 is 51.0 Å². The Balaban J connectivity index is 2.19. The molecule has 0 unspecified atom stereocenters. The molecule has 0 fully saturated rings. The Morgan fingerprint density at radius 1 is 1.38 bits per heavy atom. The summed E-state index contributed by atoms with van der Waals surface area (Å²) in [7, 11) is 1.98. The molecule has 0 bridgehead atoms. The zero-order valence-electron chi connectivity index (χ0n) is 12.6. The molecule has 0 aliphatic rings. The third-order valence-corrected chi connectivity index (χ3v) is 5.34. The third kappa shape index (κ3) is 2.26. The predicted octanol–water partition coefficient (Wildman–Crippen LogP) is 1.33. The Labute approximate surface area is 147 Å². The molecule has 1 aromatic carbocycles. The van der Waals surface area contributed by atoms with Crippen LogP contribution in [0.15, 0.2) is 33.7 Å². The standard InChI is InChI=1S/C16H12BrN5OS/c1-8-15(24-21-18-8)14-10(16(23)20-19-14)6-9-7-22(2)12-5-3-4-11(17)13(9)12/h3-7,19H,1H2,2H3,(H,20,23)/b10-6-,15-14-. The van der Waals surface area contributed by atoms with Crippen molar-refractivity contribution in [2.45, 2.75) is 0 Å². The van der Waals surface area contributed by atoms with Crippen LogP contribution in [0.25, 0.3) is 23.6 Å². The number of nitrogens with one attached hydrogen (secondary N) is 2. The molecule has 4 aromatic rings. The molecular formula is C16H12BrN5OS. The maximum Gasteiger partial charge on any atom is 0.271 e. The van der Waals surface area contributed by atoms with Crippen LogP contribution in [0.3, 0.4) is 0 Å². The van der Waals surface area contributed by atoms with Crippen LogP contribution in [0, 0.1) is 9.88 Å². The van der Waals surface area contributed by atoms with E-state index in [1.807, 2.05) is 42.1 Å². The molecule has 0 spiro atoms. The summed E-state index contributed by atoms with van der Waals surface area (Å²) in [5.74, 6) is 0. The molecule has 0 aliphatic carbocycles. The first-order valence-corrected chi connectivity index (χ1v) is 8.66. The van der Waals surface area contributed by atoms with E-state index >= 15 is 0 Å². The van der Waals surface area contributed by atoms with E-state index in [1.165, 1.54) is 11.5 Å². The van der Waals surface area contributed by atoms with E-state index < -0.39 is 0 Å². The number of benzene rings is 1. The molecule has 0 radical (unpaired) electrons. The van der Waals surface area contributed by atoms with Gasteiger partial charge in [0.2, 0.25) is 0 Å². The fourth-order valence-corrected chi connectivity index (χ4v) is 3.99. The van der Waals surface area contributed by atoms with Crippen molar-refractivity contribution < 1.29 is 0 Å². The average molecular weight is 402 g/mol. The highest BCUT2D eigenvalue weighted by Gasteiger charge is 2.09. The Morgan fingerprint density at radius 3 is 2.96 bits per heavy atom. The first-order chi connectivity index (χ1) is 11.6. The fraction of sp³-hybridized carbons (Fsp3) is 0.0625. The van der Waals surface area contributed by atoms with Crippen LogP contribution in [0.5, 0.6) is 0 Å². The summed E-state index contributed by atoms with van der Waals surface area (Å²) in [6.07, 6.45) is 3.87. The Kier molecular flexibility index (Phi) is 3.50. The number of aryl methyl sites for hydroxylation is 1. The van der Waals surface area contributed by atoms with Crippen LogP contribution in [-0.2, 0) is 7.05 Å². The van der Waals surface area contributed by atoms with Crippen LogP contribution in [0.2, 0.25) is 0 Å². The van der Waals surface area contributed by atoms with Gasteiger partial charge < -0.3 is 4.57 Å². The van der Waals surface area contributed by atoms with Crippen LogP contribution in [-0.4, -0.2) is 24.4 Å². The summed E-state index contributed by atoms with van der Waals surface area (Å²) >= 11 is 4.80. The number of hydrogen-bond donors (Lipinski definition) is 2. The van der Waals surface area contributed by atoms with Crippen molar-refractivity contribution in [3.8, 4) is 0 Å². The molecule has 120 valence electrons. The van der Waals surface area contributed by atoms with Gasteiger partial charge in [0.25, 0.3) is 5.56 Å². The molecule has 0 saturated carbocycles. The van der Waals surface area contributed by atoms with Gasteiger partial charge in [0, 0.05) is 34.2 Å². The second-order valence-corrected chi connectivity index (χ2v) is 7.00. The quantitative estimate of drug-likeness (QED) is 0.504. The van der Waals surface area contributed by atoms with E-state index in [0.29, 0.717) is 15.9 Å². The number of fused-ring (bicyclic) bond motifs is 1. The van der Waals surface area contributed by atoms with Gasteiger partial charge in [-0.3, -0.25) is 15.0 Å². The molecular weight excluding hydrogens is 390 g/mol. The molecule has 4 rings (SSSR count). The van der Waals surface area contributed by atoms with E-state index in [1.54, 1.807) is 0 Å². The first-order valence-electron chi connectivity index (χ1n) is 7.10. The number of halogens is 1. The molecule has 0 atom stereocenters. The van der Waals surface area contributed by atoms with Crippen molar-refractivity contribution in [3.05, 3.63) is 65.2 Å². The zero-order valence-corrected chi connectivity index (χ0v) is 15.0. The van der Waals surface area contributed by atoms with Gasteiger partial charge in [0.1, 0.15) is 9.88 Å². The number of aromatic nitrogens is 5. The van der Waals surface area contributed by atoms with Crippen molar-refractivity contribution in [3.63, 3.8) is 0 Å². The SMILES string of the molecule is C=c1nns/c1=c1\[nH][nH]c(=O)\c1=C/c1cn(C)c2cccc(Br)c12. The second-order valence-electron chi connectivity index (χ2n) is 5.39. The minimum absolute atomic E-state index is 0.193. The summed E-state index contributed by atoms with van der Waals surface area (Å²) in [5.41, 5.74) is 1.85. The number of nitrogens with zero attached hydrogens (tertiary/aromatic N) is 3. The van der Waals surface area contributed by atoms with Gasteiger partial charge in [-0.1, -0.05) is 33.1 Å². The summed E-state index contributed by atoms with van der Waals surface area (Å²) < 4.78 is 7.66. The molecule has 0 aliphatic heterocycles. The first kappa shape index (κ1) is 15.1. The van der Waals surface area contributed by atoms with Crippen molar-refractivity contribution in [2.24, 2.45) is 7.05 Å². The Hall–Kier alpha value is -2.45. The molecule has 24 heavy (non-hydrogen) atoms. The van der Waals surface area contributed by atoms with Crippen molar-refractivity contribution in [2.75, 3.05) is 0 Å². The highest BCUT2D eigenvalue weighted by Crippen LogP contribution is 2.28. The lowest BCUT2D eigenvalue weighted by Crippen LogP contribution is -2.22. The molecule has 8 heteroatoms. The highest BCUT2D eigenvalue weighted by atomic mass is 79.9. The van der Waals surface area contributed by atoms with E-state index in [4.69, 9.17) is 0 Å². The largest absolute Gasteiger partial charge is 0.350 e. The molecule has 0 saturated heterocycles. The third-order valence-electron chi connectivity index (χ3n) is 3.89. The van der Waals surface area contributed by atoms with E-state index in [0.717, 1.165) is 25.5 Å². The van der Waals surface area contributed by atoms with Gasteiger partial charge in [0.15, 0.2) is 0 Å². The Bertz CT molecular complexity index is 1330. The van der Waals surface area contributed by atoms with Gasteiger partial charge >= 0.3 is 0 Å². The monoisotopic (exact) mass is 401 g/mol. The maximum absolute atomic E-state index is 12.3. The van der Waals surface area contributed by atoms with Crippen molar-refractivity contribution in [1.29, 1.82) is 0 Å². The second kappa shape index (κ2) is 5.57. The van der Waals surface area contributed by atoms with Crippen molar-refractivity contribution in [1.82, 2.24) is 24.4 Å². The highest BCUT2D eigenvalue weighted by molar-refractivity contribution is 9.10. The average Bonchev–Trinajstić information content (AvgIpc) is 3.21. The minimum Gasteiger partial charge on any atom is -0.350 e. The van der Waals surface area contributed by atoms with E-state index in [9.17, 15) is 4.79 Å². The minimum atomic E-state index is -0.193.